The molecule has 0 atom stereocenters. The molecular formula is C12H14N4OS. The molecule has 2 N–H and O–H groups in total. The van der Waals surface area contributed by atoms with Gasteiger partial charge in [-0.3, -0.25) is 0 Å². The van der Waals surface area contributed by atoms with Crippen LogP contribution in [0.4, 0.5) is 5.82 Å². The first kappa shape index (κ1) is 12.5. The molecule has 0 unspecified atom stereocenters. The van der Waals surface area contributed by atoms with Crippen LogP contribution in [0.5, 0.6) is 0 Å². The van der Waals surface area contributed by atoms with Crippen molar-refractivity contribution in [2.75, 3.05) is 11.9 Å². The maximum atomic E-state index is 5.51. The number of aromatic nitrogens is 2. The third-order valence-corrected chi connectivity index (χ3v) is 2.68. The topological polar surface area (TPSA) is 68.2 Å². The van der Waals surface area contributed by atoms with Crippen LogP contribution in [0.3, 0.4) is 0 Å². The second-order valence-electron chi connectivity index (χ2n) is 3.99. The molecule has 0 bridgehead atoms. The fourth-order valence-electron chi connectivity index (χ4n) is 1.53. The summed E-state index contributed by atoms with van der Waals surface area (Å²) in [5, 5.41) is 0. The number of hydrogen-bond donors (Lipinski definition) is 1. The molecular weight excluding hydrogens is 248 g/mol. The van der Waals surface area contributed by atoms with Gasteiger partial charge in [0.05, 0.1) is 18.9 Å². The number of thiocarbonyl (C=S) groups is 1. The minimum Gasteiger partial charge on any atom is -0.464 e. The maximum Gasteiger partial charge on any atom is 0.147 e. The summed E-state index contributed by atoms with van der Waals surface area (Å²) < 4.78 is 5.51. The summed E-state index contributed by atoms with van der Waals surface area (Å²) in [7, 11) is 1.92. The lowest BCUT2D eigenvalue weighted by Gasteiger charge is -2.16. The summed E-state index contributed by atoms with van der Waals surface area (Å²) in [5.74, 6) is 2.52. The van der Waals surface area contributed by atoms with Crippen molar-refractivity contribution in [3.05, 3.63) is 41.7 Å². The molecule has 0 radical (unpaired) electrons. The minimum atomic E-state index is 0.248. The average Bonchev–Trinajstić information content (AvgIpc) is 2.75. The SMILES string of the molecule is Cc1ccc(CN(C)c2cnc(C(N)=S)cn2)o1. The average molecular weight is 262 g/mol. The predicted molar refractivity (Wildman–Crippen MR) is 73.5 cm³/mol. The molecule has 5 nitrogen and oxygen atoms in total. The molecule has 2 rings (SSSR count). The van der Waals surface area contributed by atoms with Crippen LogP contribution < -0.4 is 10.6 Å². The Morgan fingerprint density at radius 2 is 2.17 bits per heavy atom. The molecule has 0 amide bonds. The van der Waals surface area contributed by atoms with Gasteiger partial charge in [0.25, 0.3) is 0 Å². The van der Waals surface area contributed by atoms with Gasteiger partial charge >= 0.3 is 0 Å². The number of rotatable bonds is 4. The monoisotopic (exact) mass is 262 g/mol. The second-order valence-corrected chi connectivity index (χ2v) is 4.43. The number of hydrogen-bond acceptors (Lipinski definition) is 5. The van der Waals surface area contributed by atoms with Crippen LogP contribution >= 0.6 is 12.2 Å². The van der Waals surface area contributed by atoms with Crippen molar-refractivity contribution >= 4 is 23.0 Å². The molecule has 0 aliphatic carbocycles. The molecule has 0 aromatic carbocycles. The van der Waals surface area contributed by atoms with E-state index >= 15 is 0 Å². The highest BCUT2D eigenvalue weighted by Crippen LogP contribution is 2.13. The zero-order valence-electron chi connectivity index (χ0n) is 10.3. The van der Waals surface area contributed by atoms with Crippen molar-refractivity contribution in [1.82, 2.24) is 9.97 Å². The van der Waals surface area contributed by atoms with Crippen molar-refractivity contribution in [2.45, 2.75) is 13.5 Å². The van der Waals surface area contributed by atoms with Crippen LogP contribution in [0.1, 0.15) is 17.2 Å². The summed E-state index contributed by atoms with van der Waals surface area (Å²) in [6.45, 7) is 2.55. The van der Waals surface area contributed by atoms with Crippen molar-refractivity contribution in [3.8, 4) is 0 Å². The first-order valence-corrected chi connectivity index (χ1v) is 5.85. The van der Waals surface area contributed by atoms with Crippen LogP contribution in [-0.4, -0.2) is 22.0 Å². The van der Waals surface area contributed by atoms with E-state index in [1.165, 1.54) is 0 Å². The van der Waals surface area contributed by atoms with Gasteiger partial charge in [0.15, 0.2) is 0 Å². The summed E-state index contributed by atoms with van der Waals surface area (Å²) >= 11 is 4.83. The van der Waals surface area contributed by atoms with Gasteiger partial charge in [-0.05, 0) is 19.1 Å². The Hall–Kier alpha value is -1.95. The molecule has 0 saturated carbocycles. The van der Waals surface area contributed by atoms with E-state index in [2.05, 4.69) is 9.97 Å². The van der Waals surface area contributed by atoms with E-state index in [-0.39, 0.29) is 4.99 Å². The Kier molecular flexibility index (Phi) is 3.57. The number of nitrogens with zero attached hydrogens (tertiary/aromatic N) is 3. The minimum absolute atomic E-state index is 0.248. The van der Waals surface area contributed by atoms with E-state index in [1.807, 2.05) is 31.0 Å². The third-order valence-electron chi connectivity index (χ3n) is 2.47. The largest absolute Gasteiger partial charge is 0.464 e. The highest BCUT2D eigenvalue weighted by Gasteiger charge is 2.07. The molecule has 0 saturated heterocycles. The Morgan fingerprint density at radius 3 is 2.67 bits per heavy atom. The fraction of sp³-hybridized carbons (Fsp3) is 0.250. The molecule has 6 heteroatoms. The highest BCUT2D eigenvalue weighted by molar-refractivity contribution is 7.80. The van der Waals surface area contributed by atoms with E-state index < -0.39 is 0 Å². The first-order valence-electron chi connectivity index (χ1n) is 5.44. The third kappa shape index (κ3) is 2.84. The van der Waals surface area contributed by atoms with Crippen molar-refractivity contribution in [3.63, 3.8) is 0 Å². The van der Waals surface area contributed by atoms with Gasteiger partial charge in [-0.25, -0.2) is 9.97 Å². The zero-order chi connectivity index (χ0) is 13.1. The Morgan fingerprint density at radius 1 is 1.39 bits per heavy atom. The zero-order valence-corrected chi connectivity index (χ0v) is 11.1. The van der Waals surface area contributed by atoms with Gasteiger partial charge in [0, 0.05) is 7.05 Å². The lowest BCUT2D eigenvalue weighted by molar-refractivity contribution is 0.481. The number of furan rings is 1. The van der Waals surface area contributed by atoms with Gasteiger partial charge in [-0.2, -0.15) is 0 Å². The lowest BCUT2D eigenvalue weighted by atomic mass is 10.4. The van der Waals surface area contributed by atoms with E-state index in [4.69, 9.17) is 22.4 Å². The molecule has 0 spiro atoms. The molecule has 2 aromatic heterocycles. The van der Waals surface area contributed by atoms with Crippen LogP contribution in [0, 0.1) is 6.92 Å². The Balaban J connectivity index is 2.09. The molecule has 0 aliphatic rings. The highest BCUT2D eigenvalue weighted by atomic mass is 32.1. The molecule has 0 aliphatic heterocycles. The lowest BCUT2D eigenvalue weighted by Crippen LogP contribution is -2.19. The first-order chi connectivity index (χ1) is 8.56. The summed E-state index contributed by atoms with van der Waals surface area (Å²) in [4.78, 5) is 10.6. The Labute approximate surface area is 111 Å². The molecule has 2 aromatic rings. The predicted octanol–water partition coefficient (Wildman–Crippen LogP) is 1.65. The molecule has 18 heavy (non-hydrogen) atoms. The van der Waals surface area contributed by atoms with Gasteiger partial charge in [-0.1, -0.05) is 12.2 Å². The normalized spacial score (nSPS) is 10.3. The Bertz CT molecular complexity index is 549. The van der Waals surface area contributed by atoms with E-state index in [0.29, 0.717) is 12.2 Å². The van der Waals surface area contributed by atoms with E-state index in [1.54, 1.807) is 12.4 Å². The van der Waals surface area contributed by atoms with Crippen LogP contribution in [0.2, 0.25) is 0 Å². The standard InChI is InChI=1S/C12H14N4OS/c1-8-3-4-9(17-8)7-16(2)11-6-14-10(5-15-11)12(13)18/h3-6H,7H2,1-2H3,(H2,13,18). The van der Waals surface area contributed by atoms with Crippen LogP contribution in [0.25, 0.3) is 0 Å². The quantitative estimate of drug-likeness (QED) is 0.845. The smallest absolute Gasteiger partial charge is 0.147 e. The number of nitrogens with two attached hydrogens (primary N) is 1. The van der Waals surface area contributed by atoms with Gasteiger partial charge in [-0.15, -0.1) is 0 Å². The molecule has 0 fully saturated rings. The van der Waals surface area contributed by atoms with Crippen LogP contribution in [0.15, 0.2) is 28.9 Å². The summed E-state index contributed by atoms with van der Waals surface area (Å²) in [5.41, 5.74) is 5.99. The summed E-state index contributed by atoms with van der Waals surface area (Å²) in [6.07, 6.45) is 3.21. The second kappa shape index (κ2) is 5.14. The van der Waals surface area contributed by atoms with E-state index in [0.717, 1.165) is 17.3 Å². The van der Waals surface area contributed by atoms with Gasteiger partial charge in [0.1, 0.15) is 28.0 Å². The summed E-state index contributed by atoms with van der Waals surface area (Å²) in [6, 6.07) is 3.88. The van der Waals surface area contributed by atoms with E-state index in [9.17, 15) is 0 Å². The number of anilines is 1. The fourth-order valence-corrected chi connectivity index (χ4v) is 1.64. The molecule has 94 valence electrons. The molecule has 2 heterocycles. The number of aryl methyl sites for hydroxylation is 1. The van der Waals surface area contributed by atoms with Crippen molar-refractivity contribution in [1.29, 1.82) is 0 Å². The maximum absolute atomic E-state index is 5.51. The van der Waals surface area contributed by atoms with Gasteiger partial charge < -0.3 is 15.1 Å². The van der Waals surface area contributed by atoms with Crippen molar-refractivity contribution < 1.29 is 4.42 Å². The van der Waals surface area contributed by atoms with Gasteiger partial charge in [0.2, 0.25) is 0 Å². The van der Waals surface area contributed by atoms with Crippen molar-refractivity contribution in [2.24, 2.45) is 5.73 Å². The van der Waals surface area contributed by atoms with Crippen LogP contribution in [-0.2, 0) is 6.54 Å².